The minimum absolute atomic E-state index is 0.0253. The largest absolute Gasteiger partial charge is 0.447 e. The van der Waals surface area contributed by atoms with E-state index in [-0.39, 0.29) is 11.3 Å². The summed E-state index contributed by atoms with van der Waals surface area (Å²) >= 11 is 1.96. The second kappa shape index (κ2) is 6.86. The van der Waals surface area contributed by atoms with Crippen LogP contribution in [0.5, 0.6) is 0 Å². The van der Waals surface area contributed by atoms with Gasteiger partial charge in [-0.1, -0.05) is 34.1 Å². The number of aromatic nitrogens is 1. The molecule has 1 atom stereocenters. The van der Waals surface area contributed by atoms with Crippen molar-refractivity contribution in [1.29, 1.82) is 0 Å². The number of rotatable bonds is 3. The number of thioether (sulfide) groups is 1. The van der Waals surface area contributed by atoms with Gasteiger partial charge in [-0.3, -0.25) is 4.79 Å². The van der Waals surface area contributed by atoms with E-state index >= 15 is 0 Å². The number of amides is 1. The molecule has 0 aliphatic carbocycles. The molecule has 2 rings (SSSR count). The van der Waals surface area contributed by atoms with Crippen LogP contribution >= 0.6 is 11.8 Å². The predicted molar refractivity (Wildman–Crippen MR) is 86.9 cm³/mol. The third-order valence-corrected chi connectivity index (χ3v) is 4.96. The molecule has 1 saturated heterocycles. The topological polar surface area (TPSA) is 46.3 Å². The van der Waals surface area contributed by atoms with Crippen LogP contribution in [0.15, 0.2) is 10.8 Å². The van der Waals surface area contributed by atoms with Gasteiger partial charge in [0.05, 0.1) is 0 Å². The Hall–Kier alpha value is -0.970. The molecule has 5 heteroatoms. The predicted octanol–water partition coefficient (Wildman–Crippen LogP) is 3.72. The molecule has 0 aromatic carbocycles. The molecule has 1 aliphatic rings. The Kier molecular flexibility index (Phi) is 5.36. The Labute approximate surface area is 131 Å². The Bertz CT molecular complexity index is 479. The molecule has 118 valence electrons. The Morgan fingerprint density at radius 3 is 2.90 bits per heavy atom. The van der Waals surface area contributed by atoms with Crippen molar-refractivity contribution in [1.82, 2.24) is 9.88 Å². The number of carbonyl (C=O) groups is 1. The minimum Gasteiger partial charge on any atom is -0.447 e. The van der Waals surface area contributed by atoms with Gasteiger partial charge in [-0.2, -0.15) is 11.8 Å². The summed E-state index contributed by atoms with van der Waals surface area (Å²) in [5.41, 5.74) is 0.287. The summed E-state index contributed by atoms with van der Waals surface area (Å²) in [7, 11) is 0. The summed E-state index contributed by atoms with van der Waals surface area (Å²) in [6.07, 6.45) is 4.87. The van der Waals surface area contributed by atoms with Crippen LogP contribution in [-0.4, -0.2) is 39.9 Å². The van der Waals surface area contributed by atoms with Crippen molar-refractivity contribution in [2.45, 2.75) is 57.6 Å². The van der Waals surface area contributed by atoms with E-state index in [2.05, 4.69) is 11.9 Å². The lowest BCUT2D eigenvalue weighted by atomic mass is 9.91. The summed E-state index contributed by atoms with van der Waals surface area (Å²) < 4.78 is 5.48. The van der Waals surface area contributed by atoms with E-state index in [1.807, 2.05) is 37.4 Å². The summed E-state index contributed by atoms with van der Waals surface area (Å²) in [4.78, 5) is 19.0. The fraction of sp³-hybridized carbons (Fsp3) is 0.750. The zero-order chi connectivity index (χ0) is 15.5. The Morgan fingerprint density at radius 2 is 2.24 bits per heavy atom. The standard InChI is InChI=1S/C16H26N2O2S/c1-5-21-12-8-6-7-9-18(10-12)15(19)13-14(16(2,3)4)20-11-17-13/h11-12H,5-10H2,1-4H3. The molecule has 4 nitrogen and oxygen atoms in total. The van der Waals surface area contributed by atoms with Crippen molar-refractivity contribution in [2.24, 2.45) is 0 Å². The van der Waals surface area contributed by atoms with E-state index in [0.29, 0.717) is 16.7 Å². The maximum atomic E-state index is 12.8. The molecule has 1 fully saturated rings. The molecule has 1 aromatic heterocycles. The monoisotopic (exact) mass is 310 g/mol. The SMILES string of the molecule is CCSC1CCCCN(C(=O)c2ncoc2C(C)(C)C)C1. The lowest BCUT2D eigenvalue weighted by molar-refractivity contribution is 0.0754. The summed E-state index contributed by atoms with van der Waals surface area (Å²) in [6.45, 7) is 9.97. The highest BCUT2D eigenvalue weighted by Crippen LogP contribution is 2.28. The summed E-state index contributed by atoms with van der Waals surface area (Å²) in [6, 6.07) is 0. The molecule has 1 unspecified atom stereocenters. The highest BCUT2D eigenvalue weighted by Gasteiger charge is 2.31. The van der Waals surface area contributed by atoms with Crippen LogP contribution in [-0.2, 0) is 5.41 Å². The van der Waals surface area contributed by atoms with Crippen LogP contribution in [0, 0.1) is 0 Å². The second-order valence-corrected chi connectivity index (χ2v) is 8.18. The fourth-order valence-corrected chi connectivity index (χ4v) is 3.83. The van der Waals surface area contributed by atoms with Crippen LogP contribution in [0.4, 0.5) is 0 Å². The van der Waals surface area contributed by atoms with Crippen molar-refractivity contribution in [3.63, 3.8) is 0 Å². The molecular formula is C16H26N2O2S. The van der Waals surface area contributed by atoms with Gasteiger partial charge in [0.15, 0.2) is 12.1 Å². The fourth-order valence-electron chi connectivity index (χ4n) is 2.74. The number of likely N-dealkylation sites (tertiary alicyclic amines) is 1. The minimum atomic E-state index is -0.203. The number of oxazole rings is 1. The maximum Gasteiger partial charge on any atom is 0.276 e. The molecule has 0 spiro atoms. The van der Waals surface area contributed by atoms with Gasteiger partial charge in [-0.05, 0) is 18.6 Å². The first-order valence-corrected chi connectivity index (χ1v) is 8.83. The van der Waals surface area contributed by atoms with E-state index in [4.69, 9.17) is 4.42 Å². The van der Waals surface area contributed by atoms with Crippen molar-refractivity contribution in [3.05, 3.63) is 17.8 Å². The van der Waals surface area contributed by atoms with E-state index in [1.165, 1.54) is 19.2 Å². The highest BCUT2D eigenvalue weighted by atomic mass is 32.2. The number of hydrogen-bond acceptors (Lipinski definition) is 4. The van der Waals surface area contributed by atoms with E-state index < -0.39 is 0 Å². The molecule has 2 heterocycles. The summed E-state index contributed by atoms with van der Waals surface area (Å²) in [5.74, 6) is 1.82. The molecule has 1 aromatic rings. The van der Waals surface area contributed by atoms with Gasteiger partial charge in [0.1, 0.15) is 5.76 Å². The Balaban J connectivity index is 2.17. The molecule has 1 amide bonds. The number of hydrogen-bond donors (Lipinski definition) is 0. The van der Waals surface area contributed by atoms with Gasteiger partial charge in [0.2, 0.25) is 0 Å². The van der Waals surface area contributed by atoms with Crippen LogP contribution in [0.2, 0.25) is 0 Å². The number of nitrogens with zero attached hydrogens (tertiary/aromatic N) is 2. The average molecular weight is 310 g/mol. The van der Waals surface area contributed by atoms with E-state index in [9.17, 15) is 4.79 Å². The van der Waals surface area contributed by atoms with Crippen LogP contribution < -0.4 is 0 Å². The van der Waals surface area contributed by atoms with Gasteiger partial charge < -0.3 is 9.32 Å². The smallest absolute Gasteiger partial charge is 0.276 e. The lowest BCUT2D eigenvalue weighted by Crippen LogP contribution is -2.37. The van der Waals surface area contributed by atoms with Gasteiger partial charge in [-0.15, -0.1) is 0 Å². The van der Waals surface area contributed by atoms with Crippen molar-refractivity contribution < 1.29 is 9.21 Å². The van der Waals surface area contributed by atoms with Crippen molar-refractivity contribution in [2.75, 3.05) is 18.8 Å². The average Bonchev–Trinajstić information content (AvgIpc) is 2.80. The van der Waals surface area contributed by atoms with Gasteiger partial charge >= 0.3 is 0 Å². The van der Waals surface area contributed by atoms with E-state index in [1.54, 1.807) is 0 Å². The number of carbonyl (C=O) groups excluding carboxylic acids is 1. The first kappa shape index (κ1) is 16.4. The van der Waals surface area contributed by atoms with Gasteiger partial charge in [-0.25, -0.2) is 4.98 Å². The van der Waals surface area contributed by atoms with Gasteiger partial charge in [0.25, 0.3) is 5.91 Å². The normalized spacial score (nSPS) is 20.4. The molecular weight excluding hydrogens is 284 g/mol. The quantitative estimate of drug-likeness (QED) is 0.853. The molecule has 0 bridgehead atoms. The third kappa shape index (κ3) is 4.02. The van der Waals surface area contributed by atoms with Crippen LogP contribution in [0.1, 0.15) is 63.2 Å². The molecule has 21 heavy (non-hydrogen) atoms. The van der Waals surface area contributed by atoms with Crippen molar-refractivity contribution >= 4 is 17.7 Å². The van der Waals surface area contributed by atoms with Crippen molar-refractivity contribution in [3.8, 4) is 0 Å². The third-order valence-electron chi connectivity index (χ3n) is 3.77. The zero-order valence-corrected chi connectivity index (χ0v) is 14.3. The molecule has 0 saturated carbocycles. The van der Waals surface area contributed by atoms with Crippen LogP contribution in [0.25, 0.3) is 0 Å². The molecule has 1 aliphatic heterocycles. The Morgan fingerprint density at radius 1 is 1.48 bits per heavy atom. The van der Waals surface area contributed by atoms with Gasteiger partial charge in [0, 0.05) is 23.8 Å². The maximum absolute atomic E-state index is 12.8. The second-order valence-electron chi connectivity index (χ2n) is 6.60. The first-order valence-electron chi connectivity index (χ1n) is 7.78. The first-order chi connectivity index (χ1) is 9.93. The highest BCUT2D eigenvalue weighted by molar-refractivity contribution is 7.99. The zero-order valence-electron chi connectivity index (χ0n) is 13.5. The van der Waals surface area contributed by atoms with Crippen LogP contribution in [0.3, 0.4) is 0 Å². The van der Waals surface area contributed by atoms with E-state index in [0.717, 1.165) is 25.3 Å². The summed E-state index contributed by atoms with van der Waals surface area (Å²) in [5, 5.41) is 0.548. The molecule has 0 N–H and O–H groups in total. The lowest BCUT2D eigenvalue weighted by Gasteiger charge is -2.24. The molecule has 0 radical (unpaired) electrons.